The lowest BCUT2D eigenvalue weighted by molar-refractivity contribution is -0.385. The van der Waals surface area contributed by atoms with E-state index in [2.05, 4.69) is 58.4 Å². The number of halogens is 7. The van der Waals surface area contributed by atoms with Crippen molar-refractivity contribution in [3.63, 3.8) is 0 Å². The minimum absolute atomic E-state index is 0.00446. The van der Waals surface area contributed by atoms with Crippen molar-refractivity contribution in [1.29, 1.82) is 0 Å². The minimum Gasteiger partial charge on any atom is -0.399 e. The summed E-state index contributed by atoms with van der Waals surface area (Å²) in [6.07, 6.45) is 0. The number of hydrogen-bond acceptors (Lipinski definition) is 12. The molecule has 0 atom stereocenters. The van der Waals surface area contributed by atoms with Gasteiger partial charge in [0.2, 0.25) is 0 Å². The molecular weight excluding hydrogens is 1050 g/mol. The SMILES string of the molecule is CC(C)Nc1ccc(Br)cc1F.CC(C)Nc1ccc(N)cc1F.CC(C)Nc1ccc([N+](=O)[O-])cc1F.CC1(C)OB(c2ccc(NCCO)c(F)c2)OC1(C)C.OCCNc1ccc(Br)cc1F. The second-order valence-electron chi connectivity index (χ2n) is 17.4. The molecule has 0 bridgehead atoms. The predicted octanol–water partition coefficient (Wildman–Crippen LogP) is 11.7. The highest BCUT2D eigenvalue weighted by Gasteiger charge is 2.51. The van der Waals surface area contributed by atoms with Crippen molar-refractivity contribution in [2.45, 2.75) is 98.6 Å². The Balaban J connectivity index is 0.000000305. The molecule has 5 aromatic carbocycles. The highest BCUT2D eigenvalue weighted by atomic mass is 79.9. The van der Waals surface area contributed by atoms with Crippen LogP contribution in [0.4, 0.5) is 61.8 Å². The van der Waals surface area contributed by atoms with Gasteiger partial charge in [-0.2, -0.15) is 0 Å². The zero-order valence-corrected chi connectivity index (χ0v) is 44.2. The standard InChI is InChI=1S/C14H21BFNO3.C9H11BrFN.C9H11FN2O2.C9H13FN2.C8H9BrFNO/c1-13(2)14(3,4)20-15(19-13)10-5-6-12(11(16)9-10)17-7-8-18;1-6(2)12-9-4-3-7(10)5-8(9)11;1-6(2)11-9-4-3-7(12(13)14)5-8(9)10;1-6(2)12-9-4-3-7(11)5-8(9)10;9-6-1-2-8(7(10)5-6)11-3-4-12/h5-6,9,17-18H,7-8H2,1-4H3;3-6,12H,1-2H3;3-6,11H,1-2H3;3-6,12H,11H2,1-2H3;1-2,5,11-12H,3-4H2. The quantitative estimate of drug-likeness (QED) is 0.0173. The van der Waals surface area contributed by atoms with Gasteiger partial charge in [0, 0.05) is 51.9 Å². The highest BCUT2D eigenvalue weighted by molar-refractivity contribution is 9.10. The molecule has 21 heteroatoms. The van der Waals surface area contributed by atoms with Gasteiger partial charge in [0.25, 0.3) is 5.69 Å². The Morgan fingerprint density at radius 3 is 1.30 bits per heavy atom. The van der Waals surface area contributed by atoms with E-state index in [1.165, 1.54) is 36.4 Å². The van der Waals surface area contributed by atoms with Crippen LogP contribution in [0.3, 0.4) is 0 Å². The van der Waals surface area contributed by atoms with Crippen molar-refractivity contribution < 1.29 is 46.4 Å². The Hall–Kier alpha value is -5.19. The number of hydrogen-bond donors (Lipinski definition) is 8. The molecule has 1 aliphatic heterocycles. The Labute approximate surface area is 425 Å². The largest absolute Gasteiger partial charge is 0.494 e. The number of nitrogen functional groups attached to an aromatic ring is 1. The Kier molecular flexibility index (Phi) is 25.4. The lowest BCUT2D eigenvalue weighted by Crippen LogP contribution is -2.41. The number of aliphatic hydroxyl groups is 2. The van der Waals surface area contributed by atoms with E-state index in [4.69, 9.17) is 25.3 Å². The Morgan fingerprint density at radius 1 is 0.586 bits per heavy atom. The molecular formula is C49H65BBr2F5N7O6. The van der Waals surface area contributed by atoms with Crippen LogP contribution in [0, 0.1) is 39.2 Å². The lowest BCUT2D eigenvalue weighted by atomic mass is 9.79. The number of anilines is 6. The molecule has 0 unspecified atom stereocenters. The van der Waals surface area contributed by atoms with Crippen LogP contribution in [-0.2, 0) is 9.31 Å². The first-order chi connectivity index (χ1) is 32.7. The van der Waals surface area contributed by atoms with E-state index >= 15 is 0 Å². The summed E-state index contributed by atoms with van der Waals surface area (Å²) in [7, 11) is -0.568. The van der Waals surface area contributed by atoms with Crippen LogP contribution in [0.5, 0.6) is 0 Å². The molecule has 0 aliphatic carbocycles. The number of benzene rings is 5. The van der Waals surface area contributed by atoms with Gasteiger partial charge < -0.3 is 51.8 Å². The smallest absolute Gasteiger partial charge is 0.399 e. The number of nitro groups is 1. The summed E-state index contributed by atoms with van der Waals surface area (Å²) in [6, 6.07) is 23.3. The number of nitrogens with one attached hydrogen (secondary N) is 5. The van der Waals surface area contributed by atoms with Crippen molar-refractivity contribution in [3.8, 4) is 0 Å². The van der Waals surface area contributed by atoms with Crippen LogP contribution in [0.15, 0.2) is 99.9 Å². The van der Waals surface area contributed by atoms with Gasteiger partial charge in [0.15, 0.2) is 5.82 Å². The molecule has 9 N–H and O–H groups in total. The summed E-state index contributed by atoms with van der Waals surface area (Å²) in [5.74, 6) is -1.84. The van der Waals surface area contributed by atoms with E-state index in [1.54, 1.807) is 42.5 Å². The van der Waals surface area contributed by atoms with Gasteiger partial charge in [-0.1, -0.05) is 37.9 Å². The molecule has 13 nitrogen and oxygen atoms in total. The topological polar surface area (TPSA) is 188 Å². The molecule has 1 saturated heterocycles. The number of nitrogens with two attached hydrogens (primary N) is 1. The van der Waals surface area contributed by atoms with E-state index in [-0.39, 0.29) is 66.0 Å². The lowest BCUT2D eigenvalue weighted by Gasteiger charge is -2.32. The van der Waals surface area contributed by atoms with Crippen LogP contribution in [0.1, 0.15) is 69.2 Å². The molecule has 0 aromatic heterocycles. The highest BCUT2D eigenvalue weighted by Crippen LogP contribution is 2.36. The zero-order chi connectivity index (χ0) is 52.9. The number of nitrogens with zero attached hydrogens (tertiary/aromatic N) is 1. The van der Waals surface area contributed by atoms with E-state index in [1.807, 2.05) is 75.3 Å². The van der Waals surface area contributed by atoms with Crippen LogP contribution < -0.4 is 37.8 Å². The summed E-state index contributed by atoms with van der Waals surface area (Å²) in [5.41, 5.74) is 7.46. The molecule has 1 heterocycles. The summed E-state index contributed by atoms with van der Waals surface area (Å²) in [5, 5.41) is 41.9. The zero-order valence-electron chi connectivity index (χ0n) is 41.0. The fourth-order valence-corrected chi connectivity index (χ4v) is 6.40. The maximum atomic E-state index is 14.0. The average Bonchev–Trinajstić information content (AvgIpc) is 3.49. The van der Waals surface area contributed by atoms with E-state index < -0.39 is 29.1 Å². The van der Waals surface area contributed by atoms with Gasteiger partial charge in [-0.15, -0.1) is 0 Å². The van der Waals surface area contributed by atoms with Crippen molar-refractivity contribution >= 4 is 84.3 Å². The van der Waals surface area contributed by atoms with Crippen LogP contribution in [0.2, 0.25) is 0 Å². The van der Waals surface area contributed by atoms with Gasteiger partial charge in [0.05, 0.1) is 63.8 Å². The first-order valence-electron chi connectivity index (χ1n) is 22.2. The Bertz CT molecular complexity index is 2350. The number of nitro benzene ring substituents is 1. The van der Waals surface area contributed by atoms with Crippen molar-refractivity contribution in [3.05, 3.63) is 139 Å². The molecule has 0 spiro atoms. The molecule has 384 valence electrons. The molecule has 1 fully saturated rings. The molecule has 6 rings (SSSR count). The predicted molar refractivity (Wildman–Crippen MR) is 282 cm³/mol. The van der Waals surface area contributed by atoms with Gasteiger partial charge in [-0.3, -0.25) is 10.1 Å². The normalized spacial score (nSPS) is 13.1. The average molecular weight is 1110 g/mol. The van der Waals surface area contributed by atoms with Crippen LogP contribution in [0.25, 0.3) is 0 Å². The van der Waals surface area contributed by atoms with Gasteiger partial charge in [-0.25, -0.2) is 22.0 Å². The van der Waals surface area contributed by atoms with Gasteiger partial charge >= 0.3 is 7.12 Å². The molecule has 1 aliphatic rings. The molecule has 5 aromatic rings. The van der Waals surface area contributed by atoms with Crippen molar-refractivity contribution in [2.75, 3.05) is 58.6 Å². The maximum absolute atomic E-state index is 14.0. The van der Waals surface area contributed by atoms with Gasteiger partial charge in [-0.05, 0) is 147 Å². The van der Waals surface area contributed by atoms with Gasteiger partial charge in [0.1, 0.15) is 23.3 Å². The second kappa shape index (κ2) is 29.2. The fraction of sp³-hybridized carbons (Fsp3) is 0.388. The number of aliphatic hydroxyl groups excluding tert-OH is 2. The molecule has 0 saturated carbocycles. The fourth-order valence-electron chi connectivity index (χ4n) is 5.74. The van der Waals surface area contributed by atoms with Crippen molar-refractivity contribution in [1.82, 2.24) is 0 Å². The monoisotopic (exact) mass is 1110 g/mol. The maximum Gasteiger partial charge on any atom is 0.494 e. The molecule has 0 radical (unpaired) electrons. The Morgan fingerprint density at radius 2 is 0.943 bits per heavy atom. The third kappa shape index (κ3) is 21.0. The molecule has 70 heavy (non-hydrogen) atoms. The number of non-ortho nitro benzene ring substituents is 1. The van der Waals surface area contributed by atoms with E-state index in [0.717, 1.165) is 10.5 Å². The second-order valence-corrected chi connectivity index (χ2v) is 19.3. The summed E-state index contributed by atoms with van der Waals surface area (Å²) in [4.78, 5) is 9.68. The third-order valence-corrected chi connectivity index (χ3v) is 10.7. The first kappa shape index (κ1) is 60.9. The van der Waals surface area contributed by atoms with E-state index in [9.17, 15) is 32.1 Å². The summed E-state index contributed by atoms with van der Waals surface area (Å²) < 4.78 is 79.6. The number of rotatable bonds is 14. The summed E-state index contributed by atoms with van der Waals surface area (Å²) >= 11 is 6.34. The third-order valence-electron chi connectivity index (χ3n) is 9.72. The summed E-state index contributed by atoms with van der Waals surface area (Å²) in [6.45, 7) is 20.0. The van der Waals surface area contributed by atoms with Crippen LogP contribution >= 0.6 is 31.9 Å². The van der Waals surface area contributed by atoms with Crippen molar-refractivity contribution in [2.24, 2.45) is 0 Å². The molecule has 0 amide bonds. The first-order valence-corrected chi connectivity index (χ1v) is 23.8. The van der Waals surface area contributed by atoms with Crippen LogP contribution in [-0.4, -0.2) is 77.9 Å². The van der Waals surface area contributed by atoms with E-state index in [0.29, 0.717) is 51.5 Å². The minimum atomic E-state index is -0.623.